The number of aliphatic imine (C=N–C) groups is 2. The van der Waals surface area contributed by atoms with Gasteiger partial charge in [0, 0.05) is 30.4 Å². The van der Waals surface area contributed by atoms with Crippen LogP contribution in [0.25, 0.3) is 0 Å². The van der Waals surface area contributed by atoms with Gasteiger partial charge in [-0.1, -0.05) is 19.1 Å². The highest BCUT2D eigenvalue weighted by molar-refractivity contribution is 6.02. The molecule has 2 atom stereocenters. The van der Waals surface area contributed by atoms with Gasteiger partial charge in [-0.15, -0.1) is 4.48 Å². The second-order valence-corrected chi connectivity index (χ2v) is 7.03. The first-order valence-electron chi connectivity index (χ1n) is 9.14. The fraction of sp³-hybridized carbons (Fsp3) is 0.600. The molecule has 1 aromatic rings. The number of benzene rings is 1. The van der Waals surface area contributed by atoms with E-state index in [0.29, 0.717) is 18.8 Å². The molecule has 1 aliphatic heterocycles. The van der Waals surface area contributed by atoms with Gasteiger partial charge in [-0.05, 0) is 62.6 Å². The number of nitrogens with zero attached hydrogens (tertiary/aromatic N) is 2. The topological polar surface area (TPSA) is 36.8 Å². The Balaban J connectivity index is 2.23. The van der Waals surface area contributed by atoms with E-state index in [1.165, 1.54) is 6.42 Å². The average Bonchev–Trinajstić information content (AvgIpc) is 2.61. The molecule has 1 aromatic carbocycles. The van der Waals surface area contributed by atoms with E-state index >= 15 is 0 Å². The van der Waals surface area contributed by atoms with Crippen LogP contribution in [0.5, 0.6) is 0 Å². The quantitative estimate of drug-likeness (QED) is 0.511. The lowest BCUT2D eigenvalue weighted by Gasteiger charge is -2.18. The predicted molar refractivity (Wildman–Crippen MR) is 102 cm³/mol. The third kappa shape index (κ3) is 5.70. The molecule has 5 heteroatoms. The number of rotatable bonds is 8. The molecule has 1 heterocycles. The highest BCUT2D eigenvalue weighted by atomic mass is 19.2. The minimum Gasteiger partial charge on any atom is -0.289 e. The first-order valence-corrected chi connectivity index (χ1v) is 9.14. The zero-order chi connectivity index (χ0) is 18.2. The molecule has 0 amide bonds. The van der Waals surface area contributed by atoms with E-state index in [9.17, 15) is 8.87 Å². The summed E-state index contributed by atoms with van der Waals surface area (Å²) in [5, 5.41) is 0. The number of nitrogens with one attached hydrogen (secondary N) is 1. The monoisotopic (exact) mass is 349 g/mol. The minimum atomic E-state index is -0.419. The second-order valence-electron chi connectivity index (χ2n) is 7.03. The summed E-state index contributed by atoms with van der Waals surface area (Å²) in [6.07, 6.45) is 3.08. The van der Waals surface area contributed by atoms with Gasteiger partial charge in [-0.3, -0.25) is 14.4 Å². The van der Waals surface area contributed by atoms with Crippen molar-refractivity contribution in [3.05, 3.63) is 29.3 Å². The van der Waals surface area contributed by atoms with Crippen molar-refractivity contribution < 1.29 is 8.87 Å². The molecule has 0 saturated carbocycles. The van der Waals surface area contributed by atoms with Crippen LogP contribution < -0.4 is 5.54 Å². The van der Waals surface area contributed by atoms with Gasteiger partial charge in [0.15, 0.2) is 0 Å². The number of hydrogen-bond acceptors (Lipinski definition) is 3. The van der Waals surface area contributed by atoms with Crippen molar-refractivity contribution in [1.82, 2.24) is 5.54 Å². The normalized spacial score (nSPS) is 19.6. The Hall–Kier alpha value is -1.62. The Labute approximate surface area is 149 Å². The van der Waals surface area contributed by atoms with Crippen molar-refractivity contribution in [3.63, 3.8) is 0 Å². The predicted octanol–water partition coefficient (Wildman–Crippen LogP) is 5.15. The minimum absolute atomic E-state index is 0.0517. The maximum absolute atomic E-state index is 12.8. The van der Waals surface area contributed by atoms with Crippen LogP contribution in [-0.2, 0) is 0 Å². The van der Waals surface area contributed by atoms with E-state index in [4.69, 9.17) is 9.98 Å². The zero-order valence-corrected chi connectivity index (χ0v) is 15.5. The summed E-state index contributed by atoms with van der Waals surface area (Å²) in [6.45, 7) is 6.84. The van der Waals surface area contributed by atoms with E-state index in [2.05, 4.69) is 25.1 Å². The summed E-state index contributed by atoms with van der Waals surface area (Å²) in [4.78, 5) is 9.45. The van der Waals surface area contributed by atoms with E-state index in [-0.39, 0.29) is 12.5 Å². The van der Waals surface area contributed by atoms with Crippen LogP contribution in [0.3, 0.4) is 0 Å². The lowest BCUT2D eigenvalue weighted by Crippen LogP contribution is -2.17. The highest BCUT2D eigenvalue weighted by Crippen LogP contribution is 2.26. The van der Waals surface area contributed by atoms with Gasteiger partial charge in [0.25, 0.3) is 0 Å². The van der Waals surface area contributed by atoms with E-state index in [1.54, 1.807) is 5.54 Å². The molecule has 0 radical (unpaired) electrons. The molecule has 0 aliphatic carbocycles. The average molecular weight is 349 g/mol. The summed E-state index contributed by atoms with van der Waals surface area (Å²) >= 11 is 0. The third-order valence-corrected chi connectivity index (χ3v) is 4.94. The Bertz CT molecular complexity index is 625. The maximum atomic E-state index is 12.8. The molecule has 0 spiro atoms. The zero-order valence-electron chi connectivity index (χ0n) is 15.5. The van der Waals surface area contributed by atoms with Crippen molar-refractivity contribution in [2.75, 3.05) is 19.8 Å². The molecule has 25 heavy (non-hydrogen) atoms. The lowest BCUT2D eigenvalue weighted by atomic mass is 9.94. The third-order valence-electron chi connectivity index (χ3n) is 4.94. The number of hydrogen-bond donors (Lipinski definition) is 1. The van der Waals surface area contributed by atoms with Crippen molar-refractivity contribution >= 4 is 17.1 Å². The number of aryl methyl sites for hydroxylation is 1. The largest absolute Gasteiger partial charge is 0.289 e. The van der Waals surface area contributed by atoms with E-state index in [0.717, 1.165) is 41.2 Å². The van der Waals surface area contributed by atoms with Crippen molar-refractivity contribution in [3.8, 4) is 0 Å². The summed E-state index contributed by atoms with van der Waals surface area (Å²) in [6, 6.07) is 6.24. The van der Waals surface area contributed by atoms with Crippen molar-refractivity contribution in [1.29, 1.82) is 0 Å². The summed E-state index contributed by atoms with van der Waals surface area (Å²) in [5.74, 6) is 0.601. The number of alkyl halides is 1. The van der Waals surface area contributed by atoms with Crippen LogP contribution in [0.1, 0.15) is 50.7 Å². The summed E-state index contributed by atoms with van der Waals surface area (Å²) in [7, 11) is 0. The molecule has 0 aromatic heterocycles. The fourth-order valence-electron chi connectivity index (χ4n) is 3.17. The molecule has 2 unspecified atom stereocenters. The molecule has 2 rings (SSSR count). The van der Waals surface area contributed by atoms with Gasteiger partial charge in [0.05, 0.1) is 12.4 Å². The van der Waals surface area contributed by atoms with Crippen LogP contribution in [0.2, 0.25) is 0 Å². The van der Waals surface area contributed by atoms with Crippen LogP contribution in [0.15, 0.2) is 28.2 Å². The van der Waals surface area contributed by atoms with E-state index < -0.39 is 6.67 Å². The maximum Gasteiger partial charge on any atom is 0.0900 e. The lowest BCUT2D eigenvalue weighted by molar-refractivity contribution is 0.315. The summed E-state index contributed by atoms with van der Waals surface area (Å²) < 4.78 is 25.0. The SMILES string of the molecule is C/C(=N\c1cc(C2=NCC(C)CC2)ccc1C)C(CCF)CCNF. The van der Waals surface area contributed by atoms with E-state index in [1.807, 2.05) is 13.8 Å². The Morgan fingerprint density at radius 1 is 1.40 bits per heavy atom. The Morgan fingerprint density at radius 2 is 2.20 bits per heavy atom. The van der Waals surface area contributed by atoms with Crippen LogP contribution in [0, 0.1) is 18.8 Å². The molecular formula is C20H29F2N3. The van der Waals surface area contributed by atoms with Crippen LogP contribution >= 0.6 is 0 Å². The van der Waals surface area contributed by atoms with Gasteiger partial charge < -0.3 is 0 Å². The molecule has 0 saturated heterocycles. The van der Waals surface area contributed by atoms with Crippen LogP contribution in [-0.4, -0.2) is 31.2 Å². The molecule has 1 N–H and O–H groups in total. The summed E-state index contributed by atoms with van der Waals surface area (Å²) in [5.41, 5.74) is 6.75. The molecular weight excluding hydrogens is 320 g/mol. The molecule has 3 nitrogen and oxygen atoms in total. The Morgan fingerprint density at radius 3 is 2.84 bits per heavy atom. The van der Waals surface area contributed by atoms with Gasteiger partial charge >= 0.3 is 0 Å². The number of halogens is 2. The van der Waals surface area contributed by atoms with Gasteiger partial charge in [-0.2, -0.15) is 5.54 Å². The first-order chi connectivity index (χ1) is 12.0. The van der Waals surface area contributed by atoms with Gasteiger partial charge in [0.2, 0.25) is 0 Å². The Kier molecular flexibility index (Phi) is 7.69. The first kappa shape index (κ1) is 19.7. The molecule has 1 aliphatic rings. The van der Waals surface area contributed by atoms with Gasteiger partial charge in [-0.25, -0.2) is 0 Å². The fourth-order valence-corrected chi connectivity index (χ4v) is 3.17. The smallest absolute Gasteiger partial charge is 0.0900 e. The molecule has 0 fully saturated rings. The standard InChI is InChI=1S/C20H29F2N3/c1-14-4-7-19(23-13-14)18-6-5-15(2)20(12-18)25-16(3)17(8-10-21)9-11-24-22/h5-6,12,14,17,24H,4,7-11,13H2,1-3H3/b25-16+. The highest BCUT2D eigenvalue weighted by Gasteiger charge is 2.15. The van der Waals surface area contributed by atoms with Gasteiger partial charge in [0.1, 0.15) is 0 Å². The molecule has 138 valence electrons. The second kappa shape index (κ2) is 9.76. The molecule has 0 bridgehead atoms. The van der Waals surface area contributed by atoms with Crippen molar-refractivity contribution in [2.45, 2.75) is 46.5 Å². The van der Waals surface area contributed by atoms with Crippen LogP contribution in [0.4, 0.5) is 14.6 Å². The van der Waals surface area contributed by atoms with Crippen molar-refractivity contribution in [2.24, 2.45) is 21.8 Å².